The molecular weight excluding hydrogens is 342 g/mol. The second-order valence-corrected chi connectivity index (χ2v) is 6.74. The highest BCUT2D eigenvalue weighted by Gasteiger charge is 2.36. The van der Waals surface area contributed by atoms with E-state index in [4.69, 9.17) is 5.73 Å². The molecule has 0 saturated carbocycles. The molecule has 138 valence electrons. The van der Waals surface area contributed by atoms with E-state index in [9.17, 15) is 10.1 Å². The van der Waals surface area contributed by atoms with Gasteiger partial charge in [0.25, 0.3) is 0 Å². The third-order valence-electron chi connectivity index (χ3n) is 4.90. The highest BCUT2D eigenvalue weighted by molar-refractivity contribution is 5.81. The van der Waals surface area contributed by atoms with Crippen molar-refractivity contribution in [1.82, 2.24) is 19.9 Å². The van der Waals surface area contributed by atoms with E-state index in [0.717, 1.165) is 30.8 Å². The fraction of sp³-hybridized carbons (Fsp3) is 0.316. The number of hydrogen-bond donors (Lipinski definition) is 1. The number of rotatable bonds is 3. The minimum atomic E-state index is -0.215. The fourth-order valence-electron chi connectivity index (χ4n) is 3.55. The molecule has 0 spiro atoms. The lowest BCUT2D eigenvalue weighted by atomic mass is 10.1. The quantitative estimate of drug-likeness (QED) is 0.883. The summed E-state index contributed by atoms with van der Waals surface area (Å²) in [6, 6.07) is 9.41. The molecule has 0 radical (unpaired) electrons. The number of amides is 2. The van der Waals surface area contributed by atoms with Gasteiger partial charge in [-0.2, -0.15) is 20.5 Å². The Kier molecular flexibility index (Phi) is 4.52. The number of piperidine rings is 1. The molecule has 4 rings (SSSR count). The molecule has 8 nitrogen and oxygen atoms in total. The Morgan fingerprint density at radius 1 is 1.33 bits per heavy atom. The summed E-state index contributed by atoms with van der Waals surface area (Å²) in [5.74, 6) is 0.756. The summed E-state index contributed by atoms with van der Waals surface area (Å²) in [5.41, 5.74) is 7.53. The van der Waals surface area contributed by atoms with Crippen LogP contribution in [0.3, 0.4) is 0 Å². The van der Waals surface area contributed by atoms with Crippen LogP contribution in [0.25, 0.3) is 0 Å². The smallest absolute Gasteiger partial charge is 0.350 e. The minimum absolute atomic E-state index is 0.0748. The van der Waals surface area contributed by atoms with Gasteiger partial charge < -0.3 is 10.6 Å². The predicted molar refractivity (Wildman–Crippen MR) is 100 cm³/mol. The molecule has 0 bridgehead atoms. The largest absolute Gasteiger partial charge is 0.355 e. The number of nitriles is 1. The van der Waals surface area contributed by atoms with E-state index in [1.54, 1.807) is 29.5 Å². The van der Waals surface area contributed by atoms with Crippen molar-refractivity contribution in [2.45, 2.75) is 25.4 Å². The SMILES string of the molecule is N#Cc1ccccc1CN1C(=O)N2C=CC=NN2C=C1N1CCCC(N)C1. The maximum atomic E-state index is 13.2. The van der Waals surface area contributed by atoms with Crippen LogP contribution in [0, 0.1) is 11.3 Å². The van der Waals surface area contributed by atoms with E-state index < -0.39 is 0 Å². The van der Waals surface area contributed by atoms with Crippen molar-refractivity contribution in [3.05, 3.63) is 59.7 Å². The zero-order valence-electron chi connectivity index (χ0n) is 14.9. The normalized spacial score (nSPS) is 21.9. The molecule has 2 N–H and O–H groups in total. The lowest BCUT2D eigenvalue weighted by Crippen LogP contribution is -2.55. The number of carbonyl (C=O) groups is 1. The van der Waals surface area contributed by atoms with E-state index in [0.29, 0.717) is 18.7 Å². The number of hydrazine groups is 1. The first-order valence-corrected chi connectivity index (χ1v) is 8.98. The molecule has 1 saturated heterocycles. The van der Waals surface area contributed by atoms with Crippen LogP contribution in [0.5, 0.6) is 0 Å². The van der Waals surface area contributed by atoms with Crippen LogP contribution in [-0.4, -0.2) is 51.3 Å². The van der Waals surface area contributed by atoms with E-state index in [2.05, 4.69) is 16.1 Å². The van der Waals surface area contributed by atoms with Crippen LogP contribution in [-0.2, 0) is 6.54 Å². The molecule has 1 fully saturated rings. The van der Waals surface area contributed by atoms with Crippen molar-refractivity contribution in [3.63, 3.8) is 0 Å². The summed E-state index contributed by atoms with van der Waals surface area (Å²) in [6.45, 7) is 1.82. The highest BCUT2D eigenvalue weighted by atomic mass is 16.2. The first-order valence-electron chi connectivity index (χ1n) is 8.98. The van der Waals surface area contributed by atoms with E-state index in [1.807, 2.05) is 24.4 Å². The second kappa shape index (κ2) is 7.13. The molecule has 1 aromatic carbocycles. The Hall–Kier alpha value is -3.31. The molecule has 0 aliphatic carbocycles. The summed E-state index contributed by atoms with van der Waals surface area (Å²) < 4.78 is 0. The third kappa shape index (κ3) is 3.25. The van der Waals surface area contributed by atoms with Crippen LogP contribution in [0.4, 0.5) is 4.79 Å². The van der Waals surface area contributed by atoms with Gasteiger partial charge in [0.2, 0.25) is 0 Å². The molecular formula is C19H21N7O. The van der Waals surface area contributed by atoms with Gasteiger partial charge in [-0.1, -0.05) is 18.2 Å². The van der Waals surface area contributed by atoms with Gasteiger partial charge in [0.15, 0.2) is 0 Å². The predicted octanol–water partition coefficient (Wildman–Crippen LogP) is 1.75. The first-order chi connectivity index (χ1) is 13.2. The monoisotopic (exact) mass is 363 g/mol. The molecule has 2 amide bonds. The minimum Gasteiger partial charge on any atom is -0.355 e. The van der Waals surface area contributed by atoms with Crippen molar-refractivity contribution < 1.29 is 4.79 Å². The molecule has 27 heavy (non-hydrogen) atoms. The average molecular weight is 363 g/mol. The summed E-state index contributed by atoms with van der Waals surface area (Å²) >= 11 is 0. The molecule has 1 unspecified atom stereocenters. The summed E-state index contributed by atoms with van der Waals surface area (Å²) in [4.78, 5) is 17.0. The second-order valence-electron chi connectivity index (χ2n) is 6.74. The van der Waals surface area contributed by atoms with Gasteiger partial charge in [-0.25, -0.2) is 4.79 Å². The number of nitrogens with zero attached hydrogens (tertiary/aromatic N) is 6. The van der Waals surface area contributed by atoms with Gasteiger partial charge >= 0.3 is 6.03 Å². The number of benzene rings is 1. The van der Waals surface area contributed by atoms with Crippen LogP contribution in [0.1, 0.15) is 24.0 Å². The first kappa shape index (κ1) is 17.1. The topological polar surface area (TPSA) is 92.2 Å². The maximum absolute atomic E-state index is 13.2. The fourth-order valence-corrected chi connectivity index (χ4v) is 3.55. The number of allylic oxidation sites excluding steroid dienone is 1. The van der Waals surface area contributed by atoms with Crippen molar-refractivity contribution >= 4 is 12.2 Å². The van der Waals surface area contributed by atoms with Crippen molar-refractivity contribution in [3.8, 4) is 6.07 Å². The Morgan fingerprint density at radius 2 is 2.19 bits per heavy atom. The highest BCUT2D eigenvalue weighted by Crippen LogP contribution is 2.28. The number of hydrogen-bond acceptors (Lipinski definition) is 6. The van der Waals surface area contributed by atoms with Crippen molar-refractivity contribution in [2.24, 2.45) is 10.8 Å². The van der Waals surface area contributed by atoms with Gasteiger partial charge in [0, 0.05) is 25.3 Å². The molecule has 3 aliphatic rings. The van der Waals surface area contributed by atoms with Crippen LogP contribution < -0.4 is 5.73 Å². The summed E-state index contributed by atoms with van der Waals surface area (Å²) in [7, 11) is 0. The number of carbonyl (C=O) groups excluding carboxylic acids is 1. The van der Waals surface area contributed by atoms with Crippen LogP contribution in [0.2, 0.25) is 0 Å². The van der Waals surface area contributed by atoms with Gasteiger partial charge in [-0.15, -0.1) is 0 Å². The van der Waals surface area contributed by atoms with Gasteiger partial charge in [-0.05, 0) is 30.5 Å². The summed E-state index contributed by atoms with van der Waals surface area (Å²) in [5, 5.41) is 16.6. The van der Waals surface area contributed by atoms with E-state index >= 15 is 0 Å². The van der Waals surface area contributed by atoms with E-state index in [-0.39, 0.29) is 12.1 Å². The molecule has 1 atom stereocenters. The third-order valence-corrected chi connectivity index (χ3v) is 4.90. The van der Waals surface area contributed by atoms with Crippen LogP contribution in [0.15, 0.2) is 53.7 Å². The lowest BCUT2D eigenvalue weighted by molar-refractivity contribution is 0.0431. The molecule has 8 heteroatoms. The number of likely N-dealkylation sites (tertiary alicyclic amines) is 1. The number of urea groups is 1. The lowest BCUT2D eigenvalue weighted by Gasteiger charge is -2.45. The number of fused-ring (bicyclic) bond motifs is 1. The average Bonchev–Trinajstić information content (AvgIpc) is 2.70. The zero-order chi connectivity index (χ0) is 18.8. The molecule has 3 heterocycles. The standard InChI is InChI=1S/C19H21N7O/c20-11-15-5-1-2-6-16(15)12-24-18(23-9-3-7-17(21)13-23)14-26-22-8-4-10-25(26)19(24)27/h1-2,4-6,8,10,14,17H,3,7,9,12-13,21H2. The molecule has 3 aliphatic heterocycles. The van der Waals surface area contributed by atoms with Crippen molar-refractivity contribution in [2.75, 3.05) is 13.1 Å². The number of nitrogens with two attached hydrogens (primary N) is 1. The number of hydrazone groups is 1. The van der Waals surface area contributed by atoms with Gasteiger partial charge in [0.05, 0.1) is 30.6 Å². The maximum Gasteiger partial charge on any atom is 0.350 e. The van der Waals surface area contributed by atoms with Crippen molar-refractivity contribution in [1.29, 1.82) is 5.26 Å². The van der Waals surface area contributed by atoms with Gasteiger partial charge in [0.1, 0.15) is 5.82 Å². The Bertz CT molecular complexity index is 869. The Morgan fingerprint density at radius 3 is 3.00 bits per heavy atom. The van der Waals surface area contributed by atoms with E-state index in [1.165, 1.54) is 10.1 Å². The Labute approximate surface area is 158 Å². The molecule has 1 aromatic rings. The van der Waals surface area contributed by atoms with Crippen LogP contribution >= 0.6 is 0 Å². The zero-order valence-corrected chi connectivity index (χ0v) is 14.9. The molecule has 0 aromatic heterocycles. The van der Waals surface area contributed by atoms with Gasteiger partial charge in [-0.3, -0.25) is 4.90 Å². The summed E-state index contributed by atoms with van der Waals surface area (Å²) in [6.07, 6.45) is 8.82. The Balaban J connectivity index is 1.71.